The first-order chi connectivity index (χ1) is 5.52. The van der Waals surface area contributed by atoms with Gasteiger partial charge in [0.2, 0.25) is 0 Å². The summed E-state index contributed by atoms with van der Waals surface area (Å²) in [5.74, 6) is -0.469. The first-order valence-electron chi connectivity index (χ1n) is 3.80. The molecule has 0 bridgehead atoms. The van der Waals surface area contributed by atoms with Gasteiger partial charge >= 0.3 is 7.12 Å². The predicted molar refractivity (Wildman–Crippen MR) is 52.1 cm³/mol. The fraction of sp³-hybridized carbons (Fsp3) is 1.00. The lowest BCUT2D eigenvalue weighted by Gasteiger charge is -2.33. The quantitative estimate of drug-likeness (QED) is 0.529. The molecule has 0 aromatic carbocycles. The molecule has 2 atom stereocenters. The summed E-state index contributed by atoms with van der Waals surface area (Å²) >= 11 is 17.6. The summed E-state index contributed by atoms with van der Waals surface area (Å²) in [6, 6.07) is 0. The van der Waals surface area contributed by atoms with E-state index in [1.54, 1.807) is 0 Å². The lowest BCUT2D eigenvalue weighted by atomic mass is 9.64. The Bertz CT molecular complexity index is 146. The normalized spacial score (nSPS) is 42.8. The average molecular weight is 231 g/mol. The number of alkyl halides is 3. The molecule has 0 aromatic heterocycles. The number of hydrogen-bond donors (Lipinski definition) is 2. The van der Waals surface area contributed by atoms with Crippen LogP contribution in [0.5, 0.6) is 0 Å². The average Bonchev–Trinajstić information content (AvgIpc) is 1.82. The van der Waals surface area contributed by atoms with Gasteiger partial charge in [0.05, 0.1) is 0 Å². The molecule has 1 rings (SSSR count). The van der Waals surface area contributed by atoms with Crippen LogP contribution in [0.3, 0.4) is 0 Å². The summed E-state index contributed by atoms with van der Waals surface area (Å²) in [7, 11) is -1.45. The van der Waals surface area contributed by atoms with Crippen molar-refractivity contribution in [3.63, 3.8) is 0 Å². The zero-order chi connectivity index (χ0) is 9.30. The van der Waals surface area contributed by atoms with Crippen LogP contribution in [0.1, 0.15) is 12.8 Å². The smallest absolute Gasteiger partial charge is 0.427 e. The van der Waals surface area contributed by atoms with E-state index in [4.69, 9.17) is 44.9 Å². The minimum absolute atomic E-state index is 0.0509. The largest absolute Gasteiger partial charge is 0.457 e. The third kappa shape index (κ3) is 2.42. The molecule has 12 heavy (non-hydrogen) atoms. The Kier molecular flexibility index (Phi) is 3.99. The van der Waals surface area contributed by atoms with E-state index in [0.717, 1.165) is 0 Å². The summed E-state index contributed by atoms with van der Waals surface area (Å²) < 4.78 is 0. The molecule has 6 heteroatoms. The van der Waals surface area contributed by atoms with Crippen LogP contribution < -0.4 is 0 Å². The maximum absolute atomic E-state index is 8.95. The summed E-state index contributed by atoms with van der Waals surface area (Å²) in [6.07, 6.45) is 1.16. The van der Waals surface area contributed by atoms with Gasteiger partial charge in [0, 0.05) is 21.9 Å². The minimum Gasteiger partial charge on any atom is -0.427 e. The third-order valence-electron chi connectivity index (χ3n) is 2.14. The fourth-order valence-corrected chi connectivity index (χ4v) is 3.18. The van der Waals surface area contributed by atoms with E-state index in [-0.39, 0.29) is 16.1 Å². The van der Waals surface area contributed by atoms with E-state index < -0.39 is 12.9 Å². The fourth-order valence-electron chi connectivity index (χ4n) is 1.50. The van der Waals surface area contributed by atoms with E-state index in [2.05, 4.69) is 0 Å². The van der Waals surface area contributed by atoms with Gasteiger partial charge in [-0.25, -0.2) is 0 Å². The Balaban J connectivity index is 2.60. The van der Waals surface area contributed by atoms with E-state index >= 15 is 0 Å². The number of hydrogen-bond acceptors (Lipinski definition) is 2. The molecule has 0 aliphatic heterocycles. The molecule has 0 aromatic rings. The highest BCUT2D eigenvalue weighted by Crippen LogP contribution is 2.39. The molecule has 1 saturated carbocycles. The second-order valence-electron chi connectivity index (χ2n) is 3.09. The van der Waals surface area contributed by atoms with Crippen molar-refractivity contribution in [2.75, 3.05) is 0 Å². The molecule has 70 valence electrons. The molecule has 2 nitrogen and oxygen atoms in total. The van der Waals surface area contributed by atoms with Crippen molar-refractivity contribution in [1.82, 2.24) is 0 Å². The van der Waals surface area contributed by atoms with E-state index in [9.17, 15) is 0 Å². The Morgan fingerprint density at radius 3 is 1.75 bits per heavy atom. The zero-order valence-corrected chi connectivity index (χ0v) is 8.60. The Morgan fingerprint density at radius 1 is 1.00 bits per heavy atom. The van der Waals surface area contributed by atoms with Crippen LogP contribution in [0, 0.1) is 0 Å². The first-order valence-corrected chi connectivity index (χ1v) is 5.11. The molecule has 2 N–H and O–H groups in total. The van der Waals surface area contributed by atoms with Gasteiger partial charge < -0.3 is 10.0 Å². The first kappa shape index (κ1) is 10.9. The molecule has 0 spiro atoms. The van der Waals surface area contributed by atoms with Gasteiger partial charge in [-0.05, 0) is 12.8 Å². The number of halogens is 3. The Morgan fingerprint density at radius 2 is 1.42 bits per heavy atom. The van der Waals surface area contributed by atoms with Crippen LogP contribution in [0.25, 0.3) is 0 Å². The SMILES string of the molecule is OB(O)C1C(Cl)CC(Cl)CC1Cl. The Hall–Kier alpha value is 0.855. The lowest BCUT2D eigenvalue weighted by Crippen LogP contribution is -2.40. The van der Waals surface area contributed by atoms with Crippen LogP contribution in [0.4, 0.5) is 0 Å². The second kappa shape index (κ2) is 4.38. The second-order valence-corrected chi connectivity index (χ2v) is 4.83. The van der Waals surface area contributed by atoms with Crippen molar-refractivity contribution in [3.05, 3.63) is 0 Å². The van der Waals surface area contributed by atoms with Crippen LogP contribution >= 0.6 is 34.8 Å². The van der Waals surface area contributed by atoms with Crippen LogP contribution in [-0.4, -0.2) is 33.3 Å². The molecule has 0 heterocycles. The van der Waals surface area contributed by atoms with E-state index in [0.29, 0.717) is 12.8 Å². The molecular formula is C6H10BCl3O2. The van der Waals surface area contributed by atoms with Crippen molar-refractivity contribution < 1.29 is 10.0 Å². The van der Waals surface area contributed by atoms with Gasteiger partial charge in [0.1, 0.15) is 0 Å². The molecule has 2 unspecified atom stereocenters. The minimum atomic E-state index is -1.45. The topological polar surface area (TPSA) is 40.5 Å². The lowest BCUT2D eigenvalue weighted by molar-refractivity contribution is 0.357. The molecule has 0 amide bonds. The summed E-state index contributed by atoms with van der Waals surface area (Å²) in [5, 5.41) is 17.2. The maximum Gasteiger partial charge on any atom is 0.457 e. The van der Waals surface area contributed by atoms with Crippen molar-refractivity contribution in [2.45, 2.75) is 34.8 Å². The monoisotopic (exact) mass is 230 g/mol. The zero-order valence-electron chi connectivity index (χ0n) is 6.33. The van der Waals surface area contributed by atoms with Gasteiger partial charge in [-0.15, -0.1) is 34.8 Å². The van der Waals surface area contributed by atoms with E-state index in [1.165, 1.54) is 0 Å². The standard InChI is InChI=1S/C6H10BCl3O2/c8-3-1-4(9)6(7(11)12)5(10)2-3/h3-6,11-12H,1-2H2. The number of rotatable bonds is 1. The van der Waals surface area contributed by atoms with Crippen molar-refractivity contribution in [3.8, 4) is 0 Å². The Labute approximate surface area is 86.9 Å². The molecule has 0 saturated heterocycles. The van der Waals surface area contributed by atoms with Crippen molar-refractivity contribution >= 4 is 41.9 Å². The molecular weight excluding hydrogens is 221 g/mol. The van der Waals surface area contributed by atoms with Gasteiger partial charge in [0.25, 0.3) is 0 Å². The van der Waals surface area contributed by atoms with Gasteiger partial charge in [-0.2, -0.15) is 0 Å². The molecule has 1 fully saturated rings. The molecule has 0 radical (unpaired) electrons. The van der Waals surface area contributed by atoms with Crippen molar-refractivity contribution in [2.24, 2.45) is 0 Å². The summed E-state index contributed by atoms with van der Waals surface area (Å²) in [4.78, 5) is 0. The van der Waals surface area contributed by atoms with Gasteiger partial charge in [-0.3, -0.25) is 0 Å². The van der Waals surface area contributed by atoms with Crippen molar-refractivity contribution in [1.29, 1.82) is 0 Å². The van der Waals surface area contributed by atoms with E-state index in [1.807, 2.05) is 0 Å². The van der Waals surface area contributed by atoms with Gasteiger partial charge in [0.15, 0.2) is 0 Å². The van der Waals surface area contributed by atoms with Crippen LogP contribution in [-0.2, 0) is 0 Å². The summed E-state index contributed by atoms with van der Waals surface area (Å²) in [6.45, 7) is 0. The highest BCUT2D eigenvalue weighted by atomic mass is 35.5. The van der Waals surface area contributed by atoms with Crippen LogP contribution in [0.15, 0.2) is 0 Å². The van der Waals surface area contributed by atoms with Crippen LogP contribution in [0.2, 0.25) is 5.82 Å². The maximum atomic E-state index is 8.95. The molecule has 1 aliphatic carbocycles. The predicted octanol–water partition coefficient (Wildman–Crippen LogP) is 1.45. The highest BCUT2D eigenvalue weighted by Gasteiger charge is 2.41. The molecule has 1 aliphatic rings. The highest BCUT2D eigenvalue weighted by molar-refractivity contribution is 6.48. The third-order valence-corrected chi connectivity index (χ3v) is 3.44. The van der Waals surface area contributed by atoms with Gasteiger partial charge in [-0.1, -0.05) is 0 Å². The summed E-state index contributed by atoms with van der Waals surface area (Å²) in [5.41, 5.74) is 0.